The van der Waals surface area contributed by atoms with Gasteiger partial charge in [-0.1, -0.05) is 6.92 Å². The molecule has 2 heterocycles. The fraction of sp³-hybridized carbons (Fsp3) is 0.556. The van der Waals surface area contributed by atoms with Gasteiger partial charge in [-0.25, -0.2) is 0 Å². The number of nitrogens with one attached hydrogen (secondary N) is 1. The van der Waals surface area contributed by atoms with Gasteiger partial charge in [0.1, 0.15) is 0 Å². The molecule has 0 amide bonds. The normalized spacial score (nSPS) is 31.0. The molecule has 0 spiro atoms. The van der Waals surface area contributed by atoms with Gasteiger partial charge >= 0.3 is 0 Å². The molecule has 2 nitrogen and oxygen atoms in total. The molecule has 1 saturated heterocycles. The molecule has 1 N–H and O–H groups in total. The molecule has 1 unspecified atom stereocenters. The van der Waals surface area contributed by atoms with Crippen LogP contribution < -0.4 is 5.32 Å². The summed E-state index contributed by atoms with van der Waals surface area (Å²) in [5, 5.41) is 3.36. The van der Waals surface area contributed by atoms with E-state index >= 15 is 0 Å². The molecule has 1 fully saturated rings. The van der Waals surface area contributed by atoms with Crippen molar-refractivity contribution in [2.75, 3.05) is 13.1 Å². The highest BCUT2D eigenvalue weighted by Crippen LogP contribution is 2.29. The number of hydrogen-bond donors (Lipinski definition) is 1. The Morgan fingerprint density at radius 1 is 1.64 bits per heavy atom. The molecule has 1 aliphatic rings. The van der Waals surface area contributed by atoms with Crippen molar-refractivity contribution >= 4 is 0 Å². The molecule has 1 aromatic heterocycles. The van der Waals surface area contributed by atoms with Crippen LogP contribution in [0.15, 0.2) is 23.0 Å². The van der Waals surface area contributed by atoms with E-state index in [1.807, 2.05) is 6.26 Å². The average Bonchev–Trinajstić information content (AvgIpc) is 2.55. The second kappa shape index (κ2) is 2.38. The van der Waals surface area contributed by atoms with Gasteiger partial charge in [0.05, 0.1) is 12.5 Å². The predicted molar refractivity (Wildman–Crippen MR) is 43.5 cm³/mol. The van der Waals surface area contributed by atoms with Crippen LogP contribution in [0.4, 0.5) is 0 Å². The van der Waals surface area contributed by atoms with E-state index < -0.39 is 0 Å². The van der Waals surface area contributed by atoms with Gasteiger partial charge in [0.25, 0.3) is 0 Å². The third-order valence-electron chi connectivity index (χ3n) is 2.59. The minimum Gasteiger partial charge on any atom is -0.472 e. The zero-order chi connectivity index (χ0) is 7.73. The molecule has 0 aromatic carbocycles. The van der Waals surface area contributed by atoms with Crippen molar-refractivity contribution in [1.82, 2.24) is 5.32 Å². The van der Waals surface area contributed by atoms with E-state index in [0.717, 1.165) is 13.1 Å². The standard InChI is InChI=1S/C9H13NO/c1-9(3-4-10-7-9)8-2-5-11-6-8/h2,5-6,10H,3-4,7H2,1H3. The minimum absolute atomic E-state index is 0.312. The Labute approximate surface area is 66.6 Å². The highest BCUT2D eigenvalue weighted by atomic mass is 16.3. The zero-order valence-corrected chi connectivity index (χ0v) is 6.76. The third-order valence-corrected chi connectivity index (χ3v) is 2.59. The number of rotatable bonds is 1. The highest BCUT2D eigenvalue weighted by molar-refractivity contribution is 5.21. The Balaban J connectivity index is 2.27. The maximum absolute atomic E-state index is 5.06. The van der Waals surface area contributed by atoms with Gasteiger partial charge in [0, 0.05) is 12.0 Å². The quantitative estimate of drug-likeness (QED) is 0.658. The first kappa shape index (κ1) is 6.92. The van der Waals surface area contributed by atoms with Gasteiger partial charge in [0.2, 0.25) is 0 Å². The molecular weight excluding hydrogens is 138 g/mol. The van der Waals surface area contributed by atoms with Crippen LogP contribution in [0.25, 0.3) is 0 Å². The van der Waals surface area contributed by atoms with E-state index in [2.05, 4.69) is 18.3 Å². The SMILES string of the molecule is CC1(c2ccoc2)CCNC1. The van der Waals surface area contributed by atoms with Crippen molar-refractivity contribution in [3.63, 3.8) is 0 Å². The lowest BCUT2D eigenvalue weighted by atomic mass is 9.84. The van der Waals surface area contributed by atoms with E-state index in [9.17, 15) is 0 Å². The van der Waals surface area contributed by atoms with Crippen molar-refractivity contribution in [3.8, 4) is 0 Å². The second-order valence-electron chi connectivity index (χ2n) is 3.50. The first-order valence-corrected chi connectivity index (χ1v) is 4.05. The van der Waals surface area contributed by atoms with Gasteiger partial charge in [-0.05, 0) is 24.6 Å². The van der Waals surface area contributed by atoms with E-state index in [-0.39, 0.29) is 0 Å². The van der Waals surface area contributed by atoms with Gasteiger partial charge < -0.3 is 9.73 Å². The minimum atomic E-state index is 0.312. The molecule has 60 valence electrons. The van der Waals surface area contributed by atoms with Crippen LogP contribution >= 0.6 is 0 Å². The van der Waals surface area contributed by atoms with Crippen molar-refractivity contribution < 1.29 is 4.42 Å². The Morgan fingerprint density at radius 3 is 3.09 bits per heavy atom. The second-order valence-corrected chi connectivity index (χ2v) is 3.50. The van der Waals surface area contributed by atoms with Crippen LogP contribution in [0.3, 0.4) is 0 Å². The summed E-state index contributed by atoms with van der Waals surface area (Å²) in [5.41, 5.74) is 1.63. The fourth-order valence-corrected chi connectivity index (χ4v) is 1.67. The first-order chi connectivity index (χ1) is 5.31. The largest absolute Gasteiger partial charge is 0.472 e. The topological polar surface area (TPSA) is 25.2 Å². The predicted octanol–water partition coefficient (Wildman–Crippen LogP) is 1.53. The lowest BCUT2D eigenvalue weighted by Crippen LogP contribution is -2.23. The zero-order valence-electron chi connectivity index (χ0n) is 6.76. The fourth-order valence-electron chi connectivity index (χ4n) is 1.67. The van der Waals surface area contributed by atoms with Crippen LogP contribution in [0, 0.1) is 0 Å². The lowest BCUT2D eigenvalue weighted by Gasteiger charge is -2.19. The monoisotopic (exact) mass is 151 g/mol. The lowest BCUT2D eigenvalue weighted by molar-refractivity contribution is 0.503. The summed E-state index contributed by atoms with van der Waals surface area (Å²) in [4.78, 5) is 0. The maximum atomic E-state index is 5.06. The van der Waals surface area contributed by atoms with Crippen LogP contribution in [0.1, 0.15) is 18.9 Å². The Morgan fingerprint density at radius 2 is 2.55 bits per heavy atom. The van der Waals surface area contributed by atoms with Crippen molar-refractivity contribution in [2.24, 2.45) is 0 Å². The summed E-state index contributed by atoms with van der Waals surface area (Å²) < 4.78 is 5.06. The van der Waals surface area contributed by atoms with E-state index in [1.54, 1.807) is 6.26 Å². The highest BCUT2D eigenvalue weighted by Gasteiger charge is 2.30. The van der Waals surface area contributed by atoms with Crippen LogP contribution in [0.2, 0.25) is 0 Å². The van der Waals surface area contributed by atoms with E-state index in [4.69, 9.17) is 4.42 Å². The molecule has 1 aliphatic heterocycles. The van der Waals surface area contributed by atoms with Crippen molar-refractivity contribution in [1.29, 1.82) is 0 Å². The van der Waals surface area contributed by atoms with Crippen LogP contribution in [-0.4, -0.2) is 13.1 Å². The summed E-state index contributed by atoms with van der Waals surface area (Å²) in [6.07, 6.45) is 4.82. The van der Waals surface area contributed by atoms with Crippen molar-refractivity contribution in [3.05, 3.63) is 24.2 Å². The Kier molecular flexibility index (Phi) is 1.50. The van der Waals surface area contributed by atoms with Gasteiger partial charge in [0.15, 0.2) is 0 Å². The van der Waals surface area contributed by atoms with E-state index in [0.29, 0.717) is 5.41 Å². The molecular formula is C9H13NO. The molecule has 0 saturated carbocycles. The van der Waals surface area contributed by atoms with Crippen LogP contribution in [-0.2, 0) is 5.41 Å². The van der Waals surface area contributed by atoms with Gasteiger partial charge in [-0.2, -0.15) is 0 Å². The molecule has 1 atom stereocenters. The Bertz CT molecular complexity index is 222. The van der Waals surface area contributed by atoms with Gasteiger partial charge in [-0.15, -0.1) is 0 Å². The molecule has 2 rings (SSSR count). The smallest absolute Gasteiger partial charge is 0.0940 e. The summed E-state index contributed by atoms with van der Waals surface area (Å²) in [7, 11) is 0. The molecule has 0 bridgehead atoms. The summed E-state index contributed by atoms with van der Waals surface area (Å²) >= 11 is 0. The first-order valence-electron chi connectivity index (χ1n) is 4.05. The van der Waals surface area contributed by atoms with Gasteiger partial charge in [-0.3, -0.25) is 0 Å². The van der Waals surface area contributed by atoms with Crippen molar-refractivity contribution in [2.45, 2.75) is 18.8 Å². The number of hydrogen-bond acceptors (Lipinski definition) is 2. The molecule has 1 aromatic rings. The third kappa shape index (κ3) is 1.07. The van der Waals surface area contributed by atoms with Crippen LogP contribution in [0.5, 0.6) is 0 Å². The Hall–Kier alpha value is -0.760. The summed E-state index contributed by atoms with van der Waals surface area (Å²) in [5.74, 6) is 0. The molecule has 0 radical (unpaired) electrons. The van der Waals surface area contributed by atoms with E-state index in [1.165, 1.54) is 12.0 Å². The molecule has 2 heteroatoms. The molecule has 11 heavy (non-hydrogen) atoms. The number of furan rings is 1. The average molecular weight is 151 g/mol. The summed E-state index contributed by atoms with van der Waals surface area (Å²) in [6, 6.07) is 2.06. The summed E-state index contributed by atoms with van der Waals surface area (Å²) in [6.45, 7) is 4.48. The maximum Gasteiger partial charge on any atom is 0.0940 e. The molecule has 0 aliphatic carbocycles.